The fraction of sp³-hybridized carbons (Fsp3) is 0.316. The highest BCUT2D eigenvalue weighted by Gasteiger charge is 2.24. The molecule has 0 aliphatic carbocycles. The van der Waals surface area contributed by atoms with E-state index in [1.54, 1.807) is 6.07 Å². The average molecular weight is 379 g/mol. The van der Waals surface area contributed by atoms with Crippen molar-refractivity contribution in [2.45, 2.75) is 13.0 Å². The van der Waals surface area contributed by atoms with E-state index in [9.17, 15) is 4.79 Å². The van der Waals surface area contributed by atoms with Crippen molar-refractivity contribution in [3.63, 3.8) is 0 Å². The molecule has 0 saturated carbocycles. The van der Waals surface area contributed by atoms with Gasteiger partial charge in [0.1, 0.15) is 5.75 Å². The first-order valence-electron chi connectivity index (χ1n) is 8.19. The normalized spacial score (nSPS) is 17.4. The molecule has 132 valence electrons. The van der Waals surface area contributed by atoms with Gasteiger partial charge in [0, 0.05) is 41.3 Å². The Balaban J connectivity index is 1.60. The Kier molecular flexibility index (Phi) is 5.84. The van der Waals surface area contributed by atoms with Crippen LogP contribution in [0, 0.1) is 6.92 Å². The molecule has 1 amide bonds. The van der Waals surface area contributed by atoms with E-state index in [1.165, 1.54) is 0 Å². The zero-order chi connectivity index (χ0) is 17.8. The first-order chi connectivity index (χ1) is 12.0. The molecule has 1 aliphatic heterocycles. The molecule has 1 N–H and O–H groups in total. The largest absolute Gasteiger partial charge is 0.483 e. The monoisotopic (exact) mass is 378 g/mol. The van der Waals surface area contributed by atoms with Gasteiger partial charge in [-0.05, 0) is 36.8 Å². The van der Waals surface area contributed by atoms with E-state index in [0.717, 1.165) is 17.7 Å². The number of piperazine rings is 1. The molecule has 25 heavy (non-hydrogen) atoms. The SMILES string of the molecule is Cc1c(Cl)cccc1OCC(=O)N1CCNC(c2ccc(Cl)cc2)C1. The maximum absolute atomic E-state index is 12.5. The molecule has 0 radical (unpaired) electrons. The molecule has 1 unspecified atom stereocenters. The van der Waals surface area contributed by atoms with Gasteiger partial charge in [-0.25, -0.2) is 0 Å². The first-order valence-corrected chi connectivity index (χ1v) is 8.94. The van der Waals surface area contributed by atoms with Crippen LogP contribution in [-0.4, -0.2) is 37.0 Å². The summed E-state index contributed by atoms with van der Waals surface area (Å²) in [5, 5.41) is 4.78. The van der Waals surface area contributed by atoms with Crippen molar-refractivity contribution < 1.29 is 9.53 Å². The summed E-state index contributed by atoms with van der Waals surface area (Å²) in [5.41, 5.74) is 1.96. The molecule has 3 rings (SSSR count). The van der Waals surface area contributed by atoms with E-state index in [-0.39, 0.29) is 18.6 Å². The Morgan fingerprint density at radius 3 is 2.76 bits per heavy atom. The van der Waals surface area contributed by atoms with E-state index in [0.29, 0.717) is 28.9 Å². The van der Waals surface area contributed by atoms with Crippen LogP contribution in [0.1, 0.15) is 17.2 Å². The smallest absolute Gasteiger partial charge is 0.260 e. The quantitative estimate of drug-likeness (QED) is 0.878. The van der Waals surface area contributed by atoms with Crippen molar-refractivity contribution in [3.8, 4) is 5.75 Å². The average Bonchev–Trinajstić information content (AvgIpc) is 2.63. The number of ether oxygens (including phenoxy) is 1. The Labute approximate surface area is 157 Å². The molecule has 1 aliphatic rings. The van der Waals surface area contributed by atoms with Crippen molar-refractivity contribution >= 4 is 29.1 Å². The van der Waals surface area contributed by atoms with Gasteiger partial charge >= 0.3 is 0 Å². The number of carbonyl (C=O) groups excluding carboxylic acids is 1. The van der Waals surface area contributed by atoms with Gasteiger partial charge in [0.15, 0.2) is 6.61 Å². The lowest BCUT2D eigenvalue weighted by molar-refractivity contribution is -0.134. The number of carbonyl (C=O) groups is 1. The Morgan fingerprint density at radius 1 is 1.24 bits per heavy atom. The Morgan fingerprint density at radius 2 is 2.00 bits per heavy atom. The predicted octanol–water partition coefficient (Wildman–Crippen LogP) is 3.85. The summed E-state index contributed by atoms with van der Waals surface area (Å²) < 4.78 is 5.68. The predicted molar refractivity (Wildman–Crippen MR) is 100 cm³/mol. The number of nitrogens with one attached hydrogen (secondary N) is 1. The van der Waals surface area contributed by atoms with Crippen LogP contribution in [-0.2, 0) is 4.79 Å². The third-order valence-corrected chi connectivity index (χ3v) is 5.03. The minimum Gasteiger partial charge on any atom is -0.483 e. The minimum atomic E-state index is -0.0279. The number of nitrogens with zero attached hydrogens (tertiary/aromatic N) is 1. The molecule has 2 aromatic rings. The van der Waals surface area contributed by atoms with Gasteiger partial charge in [-0.3, -0.25) is 4.79 Å². The second kappa shape index (κ2) is 8.09. The van der Waals surface area contributed by atoms with Crippen LogP contribution in [0.2, 0.25) is 10.0 Å². The lowest BCUT2D eigenvalue weighted by Gasteiger charge is -2.34. The van der Waals surface area contributed by atoms with Crippen LogP contribution in [0.15, 0.2) is 42.5 Å². The fourth-order valence-electron chi connectivity index (χ4n) is 2.87. The number of amides is 1. The van der Waals surface area contributed by atoms with Crippen LogP contribution >= 0.6 is 23.2 Å². The van der Waals surface area contributed by atoms with Crippen molar-refractivity contribution in [3.05, 3.63) is 63.6 Å². The zero-order valence-corrected chi connectivity index (χ0v) is 15.5. The van der Waals surface area contributed by atoms with Crippen molar-refractivity contribution in [2.75, 3.05) is 26.2 Å². The number of halogens is 2. The summed E-state index contributed by atoms with van der Waals surface area (Å²) in [4.78, 5) is 14.3. The Bertz CT molecular complexity index is 750. The van der Waals surface area contributed by atoms with Gasteiger partial charge in [0.2, 0.25) is 0 Å². The number of rotatable bonds is 4. The molecule has 6 heteroatoms. The summed E-state index contributed by atoms with van der Waals surface area (Å²) in [6, 6.07) is 13.2. The summed E-state index contributed by atoms with van der Waals surface area (Å²) in [6.45, 7) is 3.91. The van der Waals surface area contributed by atoms with Gasteiger partial charge in [-0.1, -0.05) is 41.4 Å². The lowest BCUT2D eigenvalue weighted by atomic mass is 10.0. The van der Waals surface area contributed by atoms with Gasteiger partial charge in [-0.2, -0.15) is 0 Å². The van der Waals surface area contributed by atoms with E-state index in [4.69, 9.17) is 27.9 Å². The van der Waals surface area contributed by atoms with Crippen molar-refractivity contribution in [1.29, 1.82) is 0 Å². The number of benzene rings is 2. The lowest BCUT2D eigenvalue weighted by Crippen LogP contribution is -2.49. The molecule has 0 aromatic heterocycles. The van der Waals surface area contributed by atoms with Crippen molar-refractivity contribution in [1.82, 2.24) is 10.2 Å². The molecule has 0 bridgehead atoms. The fourth-order valence-corrected chi connectivity index (χ4v) is 3.16. The molecule has 4 nitrogen and oxygen atoms in total. The zero-order valence-electron chi connectivity index (χ0n) is 14.0. The summed E-state index contributed by atoms with van der Waals surface area (Å²) >= 11 is 12.0. The summed E-state index contributed by atoms with van der Waals surface area (Å²) in [7, 11) is 0. The number of hydrogen-bond acceptors (Lipinski definition) is 3. The van der Waals surface area contributed by atoms with Gasteiger partial charge < -0.3 is 15.0 Å². The van der Waals surface area contributed by atoms with E-state index in [2.05, 4.69) is 5.32 Å². The van der Waals surface area contributed by atoms with E-state index >= 15 is 0 Å². The maximum atomic E-state index is 12.5. The molecular weight excluding hydrogens is 359 g/mol. The van der Waals surface area contributed by atoms with Crippen LogP contribution < -0.4 is 10.1 Å². The van der Waals surface area contributed by atoms with Crippen LogP contribution in [0.3, 0.4) is 0 Å². The van der Waals surface area contributed by atoms with Gasteiger partial charge in [0.25, 0.3) is 5.91 Å². The standard InChI is InChI=1S/C19H20Cl2N2O2/c1-13-16(21)3-2-4-18(13)25-12-19(24)23-10-9-22-17(11-23)14-5-7-15(20)8-6-14/h2-8,17,22H,9-12H2,1H3. The van der Waals surface area contributed by atoms with Crippen molar-refractivity contribution in [2.24, 2.45) is 0 Å². The molecule has 1 atom stereocenters. The van der Waals surface area contributed by atoms with E-state index < -0.39 is 0 Å². The van der Waals surface area contributed by atoms with Crippen LogP contribution in [0.4, 0.5) is 0 Å². The molecule has 0 spiro atoms. The molecule has 2 aromatic carbocycles. The summed E-state index contributed by atoms with van der Waals surface area (Å²) in [5.74, 6) is 0.616. The highest BCUT2D eigenvalue weighted by Crippen LogP contribution is 2.25. The highest BCUT2D eigenvalue weighted by atomic mass is 35.5. The van der Waals surface area contributed by atoms with Gasteiger partial charge in [-0.15, -0.1) is 0 Å². The second-order valence-electron chi connectivity index (χ2n) is 6.05. The molecule has 1 saturated heterocycles. The minimum absolute atomic E-state index is 0.00845. The highest BCUT2D eigenvalue weighted by molar-refractivity contribution is 6.31. The molecular formula is C19H20Cl2N2O2. The number of hydrogen-bond donors (Lipinski definition) is 1. The molecule has 1 fully saturated rings. The molecule has 1 heterocycles. The Hall–Kier alpha value is -1.75. The van der Waals surface area contributed by atoms with Crippen LogP contribution in [0.5, 0.6) is 5.75 Å². The maximum Gasteiger partial charge on any atom is 0.260 e. The van der Waals surface area contributed by atoms with E-state index in [1.807, 2.05) is 48.2 Å². The third kappa shape index (κ3) is 4.46. The second-order valence-corrected chi connectivity index (χ2v) is 6.89. The van der Waals surface area contributed by atoms with Gasteiger partial charge in [0.05, 0.1) is 0 Å². The summed E-state index contributed by atoms with van der Waals surface area (Å²) in [6.07, 6.45) is 0. The topological polar surface area (TPSA) is 41.6 Å². The van der Waals surface area contributed by atoms with Crippen LogP contribution in [0.25, 0.3) is 0 Å². The third-order valence-electron chi connectivity index (χ3n) is 4.37. The first kappa shape index (κ1) is 18.1.